The molecule has 0 aliphatic carbocycles. The van der Waals surface area contributed by atoms with Gasteiger partial charge in [-0.2, -0.15) is 0 Å². The Bertz CT molecular complexity index is 4940. The van der Waals surface area contributed by atoms with Crippen molar-refractivity contribution in [3.05, 3.63) is 303 Å². The molecule has 0 bridgehead atoms. The zero-order valence-electron chi connectivity index (χ0n) is 44.1. The highest BCUT2D eigenvalue weighted by Crippen LogP contribution is 2.42. The number of thiophene rings is 1. The quantitative estimate of drug-likeness (QED) is 0.142. The van der Waals surface area contributed by atoms with Crippen molar-refractivity contribution >= 4 is 103 Å². The summed E-state index contributed by atoms with van der Waals surface area (Å²) in [6.07, 6.45) is 1.92. The molecule has 380 valence electrons. The molecular formula is C76H50N4S. The second kappa shape index (κ2) is 20.4. The van der Waals surface area contributed by atoms with Gasteiger partial charge in [-0.3, -0.25) is 4.98 Å². The van der Waals surface area contributed by atoms with E-state index in [4.69, 9.17) is 9.97 Å². The third-order valence-corrected chi connectivity index (χ3v) is 16.9. The van der Waals surface area contributed by atoms with E-state index in [1.165, 1.54) is 91.8 Å². The molecule has 81 heavy (non-hydrogen) atoms. The van der Waals surface area contributed by atoms with Crippen LogP contribution in [0.1, 0.15) is 0 Å². The molecular weight excluding hydrogens is 1000 g/mol. The lowest BCUT2D eigenvalue weighted by Crippen LogP contribution is -2.09. The molecule has 4 nitrogen and oxygen atoms in total. The molecule has 0 saturated heterocycles. The molecule has 0 aliphatic heterocycles. The molecule has 0 atom stereocenters. The number of para-hydroxylation sites is 3. The summed E-state index contributed by atoms with van der Waals surface area (Å²) in [7, 11) is 0. The van der Waals surface area contributed by atoms with E-state index in [0.717, 1.165) is 50.1 Å². The fourth-order valence-electron chi connectivity index (χ4n) is 11.9. The van der Waals surface area contributed by atoms with E-state index in [2.05, 4.69) is 307 Å². The van der Waals surface area contributed by atoms with Gasteiger partial charge in [-0.05, 0) is 123 Å². The lowest BCUT2D eigenvalue weighted by molar-refractivity contribution is 1.18. The Labute approximate surface area is 473 Å². The first kappa shape index (κ1) is 47.7. The molecule has 16 rings (SSSR count). The monoisotopic (exact) mass is 1050 g/mol. The van der Waals surface area contributed by atoms with Crippen molar-refractivity contribution in [1.29, 1.82) is 0 Å². The van der Waals surface area contributed by atoms with Gasteiger partial charge in [0.1, 0.15) is 0 Å². The number of hydrogen-bond donors (Lipinski definition) is 0. The highest BCUT2D eigenvalue weighted by atomic mass is 32.1. The highest BCUT2D eigenvalue weighted by Gasteiger charge is 2.18. The maximum absolute atomic E-state index is 5.20. The third kappa shape index (κ3) is 8.65. The molecule has 0 radical (unpaired) electrons. The number of hydrogen-bond acceptors (Lipinski definition) is 4. The first-order chi connectivity index (χ1) is 40.2. The average molecular weight is 1050 g/mol. The van der Waals surface area contributed by atoms with Crippen LogP contribution in [0, 0.1) is 0 Å². The van der Waals surface area contributed by atoms with E-state index in [-0.39, 0.29) is 0 Å². The second-order valence-corrected chi connectivity index (χ2v) is 21.5. The van der Waals surface area contributed by atoms with E-state index in [1.807, 2.05) is 17.5 Å². The normalized spacial score (nSPS) is 11.5. The lowest BCUT2D eigenvalue weighted by Gasteiger charge is -2.26. The van der Waals surface area contributed by atoms with Gasteiger partial charge in [0, 0.05) is 70.0 Å². The van der Waals surface area contributed by atoms with Crippen molar-refractivity contribution in [3.8, 4) is 50.3 Å². The summed E-state index contributed by atoms with van der Waals surface area (Å²) < 4.78 is 5.00. The van der Waals surface area contributed by atoms with Gasteiger partial charge in [0.25, 0.3) is 0 Å². The van der Waals surface area contributed by atoms with Gasteiger partial charge >= 0.3 is 0 Å². The summed E-state index contributed by atoms with van der Waals surface area (Å²) in [5.74, 6) is 0. The predicted molar refractivity (Wildman–Crippen MR) is 345 cm³/mol. The standard InChI is InChI=1S/C42H30N2.C34H20N2S/c1-4-12-31(13-5-1)32-20-25-37(26-21-32)43(35-14-6-2-7-15-35)38-27-22-33(23-28-38)34-24-29-42-40(30-34)39-18-10-11-19-41(39)44(42)36-16-8-3-9-17-36;1-3-14-27-24(11-1)25-12-2-4-15-28(25)33-32(27)35-20-30(36-33)22-10-7-9-21(19-22)23-16-8-17-29-26-13-5-6-18-31(26)37-34(23)29/h1-30H;1-20H. The first-order valence-electron chi connectivity index (χ1n) is 27.5. The minimum absolute atomic E-state index is 0.887. The van der Waals surface area contributed by atoms with E-state index >= 15 is 0 Å². The maximum atomic E-state index is 5.20. The first-order valence-corrected chi connectivity index (χ1v) is 28.3. The molecule has 0 N–H and O–H groups in total. The van der Waals surface area contributed by atoms with Crippen LogP contribution < -0.4 is 4.90 Å². The topological polar surface area (TPSA) is 34.0 Å². The van der Waals surface area contributed by atoms with Gasteiger partial charge in [0.15, 0.2) is 0 Å². The number of anilines is 3. The molecule has 0 amide bonds. The lowest BCUT2D eigenvalue weighted by atomic mass is 9.98. The fourth-order valence-corrected chi connectivity index (χ4v) is 13.1. The van der Waals surface area contributed by atoms with Gasteiger partial charge in [0.2, 0.25) is 0 Å². The Hall–Kier alpha value is -10.5. The van der Waals surface area contributed by atoms with Crippen LogP contribution in [-0.4, -0.2) is 14.5 Å². The fraction of sp³-hybridized carbons (Fsp3) is 0. The summed E-state index contributed by atoms with van der Waals surface area (Å²) in [6, 6.07) is 106. The smallest absolute Gasteiger partial charge is 0.0979 e. The number of fused-ring (bicyclic) bond motifs is 12. The summed E-state index contributed by atoms with van der Waals surface area (Å²) in [4.78, 5) is 12.5. The largest absolute Gasteiger partial charge is 0.311 e. The molecule has 3 heterocycles. The van der Waals surface area contributed by atoms with Crippen LogP contribution in [-0.2, 0) is 0 Å². The average Bonchev–Trinajstić information content (AvgIpc) is 4.35. The Balaban J connectivity index is 0.000000141. The molecule has 3 aromatic heterocycles. The van der Waals surface area contributed by atoms with Gasteiger partial charge < -0.3 is 9.47 Å². The van der Waals surface area contributed by atoms with Crippen molar-refractivity contribution in [3.63, 3.8) is 0 Å². The zero-order valence-corrected chi connectivity index (χ0v) is 44.9. The van der Waals surface area contributed by atoms with E-state index in [9.17, 15) is 0 Å². The number of benzene rings is 13. The van der Waals surface area contributed by atoms with Gasteiger partial charge in [-0.15, -0.1) is 11.3 Å². The van der Waals surface area contributed by atoms with Crippen molar-refractivity contribution in [2.45, 2.75) is 0 Å². The van der Waals surface area contributed by atoms with Crippen LogP contribution in [0.4, 0.5) is 17.1 Å². The van der Waals surface area contributed by atoms with Crippen LogP contribution in [0.3, 0.4) is 0 Å². The van der Waals surface area contributed by atoms with Crippen molar-refractivity contribution in [1.82, 2.24) is 14.5 Å². The Kier molecular flexibility index (Phi) is 12.0. The zero-order chi connectivity index (χ0) is 53.6. The summed E-state index contributed by atoms with van der Waals surface area (Å²) in [5.41, 5.74) is 18.1. The van der Waals surface area contributed by atoms with E-state index < -0.39 is 0 Å². The minimum Gasteiger partial charge on any atom is -0.311 e. The van der Waals surface area contributed by atoms with Crippen LogP contribution >= 0.6 is 11.3 Å². The van der Waals surface area contributed by atoms with Crippen LogP contribution in [0.2, 0.25) is 0 Å². The molecule has 16 aromatic rings. The molecule has 0 aliphatic rings. The summed E-state index contributed by atoms with van der Waals surface area (Å²) in [6.45, 7) is 0. The number of aromatic nitrogens is 3. The highest BCUT2D eigenvalue weighted by molar-refractivity contribution is 7.26. The van der Waals surface area contributed by atoms with Gasteiger partial charge in [-0.25, -0.2) is 4.98 Å². The van der Waals surface area contributed by atoms with Gasteiger partial charge in [-0.1, -0.05) is 218 Å². The molecule has 0 unspecified atom stereocenters. The number of rotatable bonds is 8. The minimum atomic E-state index is 0.887. The van der Waals surface area contributed by atoms with E-state index in [1.54, 1.807) is 0 Å². The predicted octanol–water partition coefficient (Wildman–Crippen LogP) is 21.2. The second-order valence-electron chi connectivity index (χ2n) is 20.5. The Morgan fingerprint density at radius 1 is 0.309 bits per heavy atom. The molecule has 0 saturated carbocycles. The van der Waals surface area contributed by atoms with Crippen molar-refractivity contribution in [2.75, 3.05) is 4.90 Å². The molecule has 0 spiro atoms. The summed E-state index contributed by atoms with van der Waals surface area (Å²) in [5, 5.41) is 9.85. The van der Waals surface area contributed by atoms with Crippen LogP contribution in [0.15, 0.2) is 303 Å². The van der Waals surface area contributed by atoms with Gasteiger partial charge in [0.05, 0.1) is 34.0 Å². The molecule has 5 heteroatoms. The van der Waals surface area contributed by atoms with Crippen LogP contribution in [0.5, 0.6) is 0 Å². The Morgan fingerprint density at radius 2 is 0.802 bits per heavy atom. The van der Waals surface area contributed by atoms with Crippen molar-refractivity contribution < 1.29 is 0 Å². The summed E-state index contributed by atoms with van der Waals surface area (Å²) >= 11 is 1.86. The molecule has 0 fully saturated rings. The third-order valence-electron chi connectivity index (χ3n) is 15.7. The SMILES string of the molecule is c1cc(-c2cnc3c4ccccc4c4ccccc4c3n2)cc(-c2cccc3c2sc2ccccc23)c1.c1ccc(-c2ccc(N(c3ccccc3)c3ccc(-c4ccc5c(c4)c4ccccc4n5-c4ccccc4)cc3)cc2)cc1. The van der Waals surface area contributed by atoms with E-state index in [0.29, 0.717) is 0 Å². The van der Waals surface area contributed by atoms with Crippen LogP contribution in [0.25, 0.3) is 125 Å². The number of nitrogens with zero attached hydrogens (tertiary/aromatic N) is 4. The molecule has 13 aromatic carbocycles. The maximum Gasteiger partial charge on any atom is 0.0979 e. The van der Waals surface area contributed by atoms with Crippen molar-refractivity contribution in [2.24, 2.45) is 0 Å². The Morgan fingerprint density at radius 3 is 1.52 bits per heavy atom.